The molecule has 0 bridgehead atoms. The van der Waals surface area contributed by atoms with Crippen molar-refractivity contribution in [2.75, 3.05) is 23.3 Å². The molecule has 0 aromatic carbocycles. The van der Waals surface area contributed by atoms with E-state index in [1.54, 1.807) is 6.08 Å². The molecule has 4 nitrogen and oxygen atoms in total. The number of rotatable bonds is 4. The Balaban J connectivity index is 2.42. The molecule has 0 spiro atoms. The third-order valence-electron chi connectivity index (χ3n) is 1.77. The highest BCUT2D eigenvalue weighted by Gasteiger charge is 2.23. The van der Waals surface area contributed by atoms with Crippen molar-refractivity contribution < 1.29 is 9.59 Å². The van der Waals surface area contributed by atoms with E-state index in [0.29, 0.717) is 17.7 Å². The predicted octanol–water partition coefficient (Wildman–Crippen LogP) is 0.690. The van der Waals surface area contributed by atoms with Gasteiger partial charge >= 0.3 is 0 Å². The van der Waals surface area contributed by atoms with Gasteiger partial charge < -0.3 is 0 Å². The molecule has 0 aromatic heterocycles. The van der Waals surface area contributed by atoms with E-state index >= 15 is 0 Å². The van der Waals surface area contributed by atoms with E-state index in [9.17, 15) is 9.59 Å². The van der Waals surface area contributed by atoms with Crippen LogP contribution in [0.3, 0.4) is 0 Å². The first kappa shape index (κ1) is 10.5. The standard InChI is InChI=1S/C7H10N2O2S2/c10-3-8-1-7-2-12-6-13(7)5-9-4-11/h7,13H,1-2,5-6H2. The quantitative estimate of drug-likeness (QED) is 0.429. The zero-order valence-corrected chi connectivity index (χ0v) is 8.68. The number of thiol groups is 1. The zero-order valence-electron chi connectivity index (χ0n) is 6.97. The fourth-order valence-corrected chi connectivity index (χ4v) is 5.95. The minimum atomic E-state index is -0.265. The van der Waals surface area contributed by atoms with E-state index in [2.05, 4.69) is 9.98 Å². The van der Waals surface area contributed by atoms with Gasteiger partial charge in [0.2, 0.25) is 12.2 Å². The van der Waals surface area contributed by atoms with Gasteiger partial charge in [-0.3, -0.25) is 0 Å². The van der Waals surface area contributed by atoms with Crippen molar-refractivity contribution in [1.82, 2.24) is 0 Å². The van der Waals surface area contributed by atoms with Crippen molar-refractivity contribution in [1.29, 1.82) is 0 Å². The van der Waals surface area contributed by atoms with Crippen molar-refractivity contribution in [3.8, 4) is 0 Å². The SMILES string of the molecule is O=C=NCC1CSC[SH]1CN=C=O. The normalized spacial score (nSPS) is 28.9. The predicted molar refractivity (Wildman–Crippen MR) is 56.1 cm³/mol. The molecule has 0 amide bonds. The van der Waals surface area contributed by atoms with Gasteiger partial charge in [0.1, 0.15) is 0 Å². The van der Waals surface area contributed by atoms with Crippen LogP contribution in [0.4, 0.5) is 0 Å². The van der Waals surface area contributed by atoms with Crippen LogP contribution in [0, 0.1) is 0 Å². The van der Waals surface area contributed by atoms with Crippen molar-refractivity contribution in [2.24, 2.45) is 9.98 Å². The summed E-state index contributed by atoms with van der Waals surface area (Å²) in [5, 5.41) is 1.48. The van der Waals surface area contributed by atoms with Gasteiger partial charge in [0.05, 0.1) is 12.4 Å². The molecule has 72 valence electrons. The summed E-state index contributed by atoms with van der Waals surface area (Å²) in [6.45, 7) is 0.538. The Bertz CT molecular complexity index is 233. The minimum absolute atomic E-state index is 0.265. The lowest BCUT2D eigenvalue weighted by molar-refractivity contribution is 0.562. The number of isocyanates is 2. The Labute approximate surface area is 83.3 Å². The smallest absolute Gasteiger partial charge is 0.219 e. The van der Waals surface area contributed by atoms with Crippen LogP contribution < -0.4 is 0 Å². The maximum atomic E-state index is 9.91. The monoisotopic (exact) mass is 218 g/mol. The molecule has 1 fully saturated rings. The Morgan fingerprint density at radius 1 is 1.38 bits per heavy atom. The third-order valence-corrected chi connectivity index (χ3v) is 6.59. The zero-order chi connectivity index (χ0) is 9.52. The lowest BCUT2D eigenvalue weighted by atomic mass is 10.5. The van der Waals surface area contributed by atoms with Gasteiger partial charge in [-0.2, -0.15) is 16.8 Å². The Hall–Kier alpha value is -0.540. The van der Waals surface area contributed by atoms with E-state index in [1.165, 1.54) is 6.08 Å². The molecule has 1 aliphatic heterocycles. The molecule has 0 N–H and O–H groups in total. The van der Waals surface area contributed by atoms with Crippen LogP contribution in [0.5, 0.6) is 0 Å². The molecule has 0 saturated carbocycles. The average Bonchev–Trinajstić information content (AvgIpc) is 2.59. The Kier molecular flexibility index (Phi) is 4.86. The minimum Gasteiger partial charge on any atom is -0.219 e. The highest BCUT2D eigenvalue weighted by atomic mass is 32.2. The largest absolute Gasteiger partial charge is 0.235 e. The molecule has 1 heterocycles. The average molecular weight is 218 g/mol. The molecule has 0 radical (unpaired) electrons. The highest BCUT2D eigenvalue weighted by Crippen LogP contribution is 2.43. The third kappa shape index (κ3) is 3.36. The van der Waals surface area contributed by atoms with E-state index in [0.717, 1.165) is 10.8 Å². The molecular weight excluding hydrogens is 208 g/mol. The van der Waals surface area contributed by atoms with Gasteiger partial charge in [-0.05, 0) is 0 Å². The van der Waals surface area contributed by atoms with Crippen molar-refractivity contribution in [3.05, 3.63) is 0 Å². The van der Waals surface area contributed by atoms with Gasteiger partial charge in [-0.15, -0.1) is 0 Å². The summed E-state index contributed by atoms with van der Waals surface area (Å²) in [4.78, 5) is 27.0. The number of hydrogen-bond donors (Lipinski definition) is 1. The van der Waals surface area contributed by atoms with Crippen LogP contribution in [0.15, 0.2) is 9.98 Å². The fraction of sp³-hybridized carbons (Fsp3) is 0.714. The van der Waals surface area contributed by atoms with Crippen LogP contribution in [-0.2, 0) is 9.59 Å². The second-order valence-electron chi connectivity index (χ2n) is 2.57. The molecule has 1 saturated heterocycles. The fourth-order valence-electron chi connectivity index (χ4n) is 1.10. The van der Waals surface area contributed by atoms with E-state index in [-0.39, 0.29) is 10.9 Å². The van der Waals surface area contributed by atoms with E-state index in [1.807, 2.05) is 11.8 Å². The number of hydrogen-bond acceptors (Lipinski definition) is 5. The molecular formula is C7H10N2O2S2. The summed E-state index contributed by atoms with van der Waals surface area (Å²) in [6, 6.07) is 0. The topological polar surface area (TPSA) is 58.9 Å². The molecule has 0 aliphatic carbocycles. The van der Waals surface area contributed by atoms with Gasteiger partial charge in [0.25, 0.3) is 0 Å². The number of nitrogens with zero attached hydrogens (tertiary/aromatic N) is 2. The first-order chi connectivity index (χ1) is 6.38. The van der Waals surface area contributed by atoms with Gasteiger partial charge in [-0.1, -0.05) is 0 Å². The molecule has 2 unspecified atom stereocenters. The summed E-state index contributed by atoms with van der Waals surface area (Å²) < 4.78 is 0. The van der Waals surface area contributed by atoms with E-state index in [4.69, 9.17) is 0 Å². The molecule has 1 aliphatic rings. The highest BCUT2D eigenvalue weighted by molar-refractivity contribution is 8.29. The Morgan fingerprint density at radius 2 is 2.15 bits per heavy atom. The summed E-state index contributed by atoms with van der Waals surface area (Å²) in [5.74, 6) is 1.59. The maximum Gasteiger partial charge on any atom is 0.235 e. The van der Waals surface area contributed by atoms with Crippen molar-refractivity contribution in [3.63, 3.8) is 0 Å². The van der Waals surface area contributed by atoms with E-state index < -0.39 is 0 Å². The molecule has 2 atom stereocenters. The molecule has 1 rings (SSSR count). The lowest BCUT2D eigenvalue weighted by Crippen LogP contribution is -2.11. The summed E-state index contributed by atoms with van der Waals surface area (Å²) >= 11 is 1.84. The van der Waals surface area contributed by atoms with Crippen LogP contribution in [0.2, 0.25) is 0 Å². The van der Waals surface area contributed by atoms with Crippen molar-refractivity contribution >= 4 is 34.8 Å². The molecule has 6 heteroatoms. The van der Waals surface area contributed by atoms with Gasteiger partial charge in [0.15, 0.2) is 0 Å². The molecule has 13 heavy (non-hydrogen) atoms. The van der Waals surface area contributed by atoms with Gasteiger partial charge in [-0.25, -0.2) is 25.5 Å². The van der Waals surface area contributed by atoms with Crippen LogP contribution in [0.25, 0.3) is 0 Å². The lowest BCUT2D eigenvalue weighted by Gasteiger charge is -2.17. The number of carbonyl (C=O) groups excluding carboxylic acids is 2. The molecule has 0 aromatic rings. The van der Waals surface area contributed by atoms with Gasteiger partial charge in [0, 0.05) is 16.1 Å². The summed E-state index contributed by atoms with van der Waals surface area (Å²) in [7, 11) is -0.265. The van der Waals surface area contributed by atoms with Crippen molar-refractivity contribution in [2.45, 2.75) is 5.25 Å². The van der Waals surface area contributed by atoms with Crippen LogP contribution in [-0.4, -0.2) is 40.7 Å². The summed E-state index contributed by atoms with van der Waals surface area (Å²) in [5.41, 5.74) is 0. The Morgan fingerprint density at radius 3 is 2.85 bits per heavy atom. The second kappa shape index (κ2) is 6.00. The van der Waals surface area contributed by atoms with Crippen LogP contribution in [0.1, 0.15) is 0 Å². The number of thioether (sulfide) groups is 1. The van der Waals surface area contributed by atoms with Crippen LogP contribution >= 0.6 is 22.7 Å². The first-order valence-electron chi connectivity index (χ1n) is 3.77. The number of aliphatic imine (C=N–C) groups is 2. The second-order valence-corrected chi connectivity index (χ2v) is 6.53. The maximum absolute atomic E-state index is 9.91. The summed E-state index contributed by atoms with van der Waals surface area (Å²) in [6.07, 6.45) is 3.08. The first-order valence-corrected chi connectivity index (χ1v) is 6.71.